The van der Waals surface area contributed by atoms with Gasteiger partial charge in [0.25, 0.3) is 0 Å². The first kappa shape index (κ1) is 30.4. The van der Waals surface area contributed by atoms with Gasteiger partial charge in [0.05, 0.1) is 11.7 Å². The highest BCUT2D eigenvalue weighted by molar-refractivity contribution is 6.25. The van der Waals surface area contributed by atoms with Crippen molar-refractivity contribution in [3.05, 3.63) is 53.1 Å². The summed E-state index contributed by atoms with van der Waals surface area (Å²) in [5, 5.41) is 47.9. The third kappa shape index (κ3) is 4.62. The van der Waals surface area contributed by atoms with Crippen molar-refractivity contribution in [3.8, 4) is 16.9 Å². The summed E-state index contributed by atoms with van der Waals surface area (Å²) in [4.78, 5) is 53.6. The largest absolute Gasteiger partial charge is 0.507 e. The summed E-state index contributed by atoms with van der Waals surface area (Å²) in [6, 6.07) is 9.22. The molecule has 0 bridgehead atoms. The fourth-order valence-corrected chi connectivity index (χ4v) is 6.93. The molecule has 0 aromatic heterocycles. The molecule has 0 spiro atoms. The Morgan fingerprint density at radius 3 is 2.23 bits per heavy atom. The lowest BCUT2D eigenvalue weighted by Crippen LogP contribution is -2.73. The number of likely N-dealkylation sites (N-methyl/N-ethyl adjacent to an activating group) is 1. The van der Waals surface area contributed by atoms with Gasteiger partial charge in [-0.05, 0) is 67.7 Å². The molecule has 2 saturated carbocycles. The molecule has 0 aliphatic heterocycles. The topological polar surface area (TPSA) is 190 Å². The standard InChI is InChI=1S/C32H37N3O8/c1-31(2,3)30(42)34-16-8-6-14(7-9-16)17-10-11-20(36)22-18(17)12-15-13-19-24(35(4)5)26(38)23(29(33)41)28(40)32(19,43)27(39)21(15)25(22)37/h6-11,15,19,23-24,26,36-38,43H,12-13H2,1-5H3,(H2,33,41)(H,34,42)/t15-,19-,23?,24-,26?,32-/m1/s1. The molecule has 11 heteroatoms. The molecule has 43 heavy (non-hydrogen) atoms. The van der Waals surface area contributed by atoms with E-state index in [-0.39, 0.29) is 35.6 Å². The number of hydrogen-bond acceptors (Lipinski definition) is 9. The quantitative estimate of drug-likeness (QED) is 0.288. The van der Waals surface area contributed by atoms with Gasteiger partial charge in [-0.1, -0.05) is 39.0 Å². The number of carbonyl (C=O) groups excluding carboxylic acids is 4. The second-order valence-corrected chi connectivity index (χ2v) is 13.1. The number of benzene rings is 2. The number of ketones is 2. The number of aromatic hydroxyl groups is 1. The summed E-state index contributed by atoms with van der Waals surface area (Å²) >= 11 is 0. The molecule has 0 heterocycles. The van der Waals surface area contributed by atoms with Crippen molar-refractivity contribution >= 4 is 34.8 Å². The van der Waals surface area contributed by atoms with Crippen molar-refractivity contribution in [2.75, 3.05) is 19.4 Å². The highest BCUT2D eigenvalue weighted by Crippen LogP contribution is 2.53. The molecule has 2 aromatic rings. The molecule has 2 amide bonds. The molecule has 228 valence electrons. The Labute approximate surface area is 249 Å². The molecule has 2 unspecified atom stereocenters. The van der Waals surface area contributed by atoms with Crippen molar-refractivity contribution < 1.29 is 39.6 Å². The maximum absolute atomic E-state index is 14.0. The van der Waals surface area contributed by atoms with Crippen molar-refractivity contribution in [1.29, 1.82) is 0 Å². The first-order valence-electron chi connectivity index (χ1n) is 14.2. The molecular weight excluding hydrogens is 554 g/mol. The van der Waals surface area contributed by atoms with Crippen LogP contribution in [0.3, 0.4) is 0 Å². The normalized spacial score (nSPS) is 28.7. The van der Waals surface area contributed by atoms with Gasteiger partial charge in [0.2, 0.25) is 17.6 Å². The number of nitrogens with two attached hydrogens (primary N) is 1. The lowest BCUT2D eigenvalue weighted by Gasteiger charge is -2.53. The molecular formula is C32H37N3O8. The Bertz CT molecular complexity index is 1570. The van der Waals surface area contributed by atoms with Gasteiger partial charge in [-0.2, -0.15) is 0 Å². The number of aliphatic hydroxyl groups is 3. The lowest BCUT2D eigenvalue weighted by molar-refractivity contribution is -0.184. The maximum atomic E-state index is 14.0. The van der Waals surface area contributed by atoms with Crippen LogP contribution in [-0.2, 0) is 25.6 Å². The van der Waals surface area contributed by atoms with Crippen LogP contribution >= 0.6 is 0 Å². The van der Waals surface area contributed by atoms with E-state index in [9.17, 15) is 39.6 Å². The van der Waals surface area contributed by atoms with Crippen LogP contribution in [0.2, 0.25) is 0 Å². The molecule has 2 aromatic carbocycles. The third-order valence-electron chi connectivity index (χ3n) is 9.11. The minimum Gasteiger partial charge on any atom is -0.507 e. The number of phenolic OH excluding ortho intramolecular Hbond substituents is 1. The minimum absolute atomic E-state index is 0.0168. The van der Waals surface area contributed by atoms with Crippen LogP contribution in [0.4, 0.5) is 5.69 Å². The Hall–Kier alpha value is -4.06. The van der Waals surface area contributed by atoms with Gasteiger partial charge >= 0.3 is 0 Å². The van der Waals surface area contributed by atoms with Gasteiger partial charge in [-0.3, -0.25) is 19.2 Å². The number of phenols is 1. The van der Waals surface area contributed by atoms with E-state index >= 15 is 0 Å². The van der Waals surface area contributed by atoms with Crippen LogP contribution in [0, 0.1) is 23.2 Å². The number of rotatable bonds is 4. The van der Waals surface area contributed by atoms with E-state index < -0.39 is 64.1 Å². The maximum Gasteiger partial charge on any atom is 0.230 e. The number of nitrogens with zero attached hydrogens (tertiary/aromatic N) is 1. The molecule has 11 nitrogen and oxygen atoms in total. The van der Waals surface area contributed by atoms with Crippen molar-refractivity contribution in [1.82, 2.24) is 4.90 Å². The number of primary amides is 1. The summed E-state index contributed by atoms with van der Waals surface area (Å²) in [5.41, 5.74) is 4.54. The van der Waals surface area contributed by atoms with Gasteiger partial charge in [-0.15, -0.1) is 0 Å². The van der Waals surface area contributed by atoms with E-state index in [0.717, 1.165) is 5.56 Å². The summed E-state index contributed by atoms with van der Waals surface area (Å²) in [7, 11) is 3.21. The van der Waals surface area contributed by atoms with Crippen LogP contribution < -0.4 is 11.1 Å². The van der Waals surface area contributed by atoms with Crippen LogP contribution in [0.25, 0.3) is 16.9 Å². The summed E-state index contributed by atoms with van der Waals surface area (Å²) in [6.07, 6.45) is -1.33. The number of Topliss-reactive ketones (excluding diaryl/α,β-unsaturated/α-hetero) is 2. The second kappa shape index (κ2) is 10.3. The fourth-order valence-electron chi connectivity index (χ4n) is 6.93. The first-order chi connectivity index (χ1) is 20.0. The van der Waals surface area contributed by atoms with Gasteiger partial charge in [-0.25, -0.2) is 0 Å². The number of anilines is 1. The average Bonchev–Trinajstić information content (AvgIpc) is 2.90. The molecule has 3 aliphatic rings. The van der Waals surface area contributed by atoms with E-state index in [4.69, 9.17) is 5.73 Å². The van der Waals surface area contributed by atoms with E-state index in [1.807, 2.05) is 20.8 Å². The zero-order chi connectivity index (χ0) is 31.8. The number of fused-ring (bicyclic) bond motifs is 3. The molecule has 5 rings (SSSR count). The first-order valence-corrected chi connectivity index (χ1v) is 14.2. The third-order valence-corrected chi connectivity index (χ3v) is 9.11. The lowest BCUT2D eigenvalue weighted by atomic mass is 9.54. The molecule has 3 aliphatic carbocycles. The average molecular weight is 592 g/mol. The van der Waals surface area contributed by atoms with E-state index in [1.165, 1.54) is 6.07 Å². The number of carbonyl (C=O) groups is 4. The molecule has 2 fully saturated rings. The van der Waals surface area contributed by atoms with Gasteiger partial charge in [0.15, 0.2) is 11.4 Å². The molecule has 0 saturated heterocycles. The van der Waals surface area contributed by atoms with E-state index in [0.29, 0.717) is 16.8 Å². The Balaban J connectivity index is 1.60. The Morgan fingerprint density at radius 1 is 1.05 bits per heavy atom. The minimum atomic E-state index is -2.70. The van der Waals surface area contributed by atoms with Crippen LogP contribution in [0.5, 0.6) is 5.75 Å². The van der Waals surface area contributed by atoms with Crippen molar-refractivity contribution in [2.24, 2.45) is 28.9 Å². The SMILES string of the molecule is CN(C)[C@H]1C(O)C(C(N)=O)C(=O)[C@]2(O)C(=O)C3=C(O)c4c(O)ccc(-c5ccc(NC(=O)C(C)(C)C)cc5)c4C[C@@H]3C[C@H]12. The Morgan fingerprint density at radius 2 is 1.67 bits per heavy atom. The highest BCUT2D eigenvalue weighted by atomic mass is 16.3. The fraction of sp³-hybridized carbons (Fsp3) is 0.438. The predicted octanol–water partition coefficient (Wildman–Crippen LogP) is 1.78. The van der Waals surface area contributed by atoms with Crippen LogP contribution in [-0.4, -0.2) is 80.5 Å². The van der Waals surface area contributed by atoms with Gasteiger partial charge in [0.1, 0.15) is 17.4 Å². The smallest absolute Gasteiger partial charge is 0.230 e. The second-order valence-electron chi connectivity index (χ2n) is 13.1. The number of hydrogen-bond donors (Lipinski definition) is 6. The van der Waals surface area contributed by atoms with Crippen LogP contribution in [0.1, 0.15) is 38.3 Å². The molecule has 6 atom stereocenters. The van der Waals surface area contributed by atoms with Crippen LogP contribution in [0.15, 0.2) is 42.0 Å². The number of nitrogens with one attached hydrogen (secondary N) is 1. The monoisotopic (exact) mass is 591 g/mol. The number of aliphatic hydroxyl groups excluding tert-OH is 2. The number of amides is 2. The van der Waals surface area contributed by atoms with Gasteiger partial charge < -0.3 is 36.4 Å². The zero-order valence-corrected chi connectivity index (χ0v) is 24.7. The highest BCUT2D eigenvalue weighted by Gasteiger charge is 2.67. The van der Waals surface area contributed by atoms with E-state index in [2.05, 4.69) is 5.32 Å². The summed E-state index contributed by atoms with van der Waals surface area (Å²) in [6.45, 7) is 5.43. The summed E-state index contributed by atoms with van der Waals surface area (Å²) < 4.78 is 0. The van der Waals surface area contributed by atoms with Crippen molar-refractivity contribution in [2.45, 2.75) is 51.4 Å². The Kier molecular flexibility index (Phi) is 7.27. The predicted molar refractivity (Wildman–Crippen MR) is 158 cm³/mol. The van der Waals surface area contributed by atoms with Gasteiger partial charge in [0, 0.05) is 28.6 Å². The zero-order valence-electron chi connectivity index (χ0n) is 24.7. The molecule has 7 N–H and O–H groups in total. The summed E-state index contributed by atoms with van der Waals surface area (Å²) in [5.74, 6) is -7.97. The van der Waals surface area contributed by atoms with Crippen molar-refractivity contribution in [3.63, 3.8) is 0 Å². The van der Waals surface area contributed by atoms with E-state index in [1.54, 1.807) is 49.3 Å². The molecule has 0 radical (unpaired) electrons.